The van der Waals surface area contributed by atoms with Gasteiger partial charge in [0.2, 0.25) is 0 Å². The van der Waals surface area contributed by atoms with E-state index in [0.717, 1.165) is 0 Å². The highest BCUT2D eigenvalue weighted by Crippen LogP contribution is 2.19. The van der Waals surface area contributed by atoms with E-state index >= 15 is 0 Å². The number of carboxylic acids is 1. The van der Waals surface area contributed by atoms with Gasteiger partial charge in [0.1, 0.15) is 5.75 Å². The molecule has 3 N–H and O–H groups in total. The minimum absolute atomic E-state index is 0.193. The molecule has 0 amide bonds. The molecule has 0 bridgehead atoms. The molecule has 0 spiro atoms. The van der Waals surface area contributed by atoms with Crippen molar-refractivity contribution < 1.29 is 19.4 Å². The lowest BCUT2D eigenvalue weighted by Crippen LogP contribution is -2.04. The molecule has 0 atom stereocenters. The fraction of sp³-hybridized carbons (Fsp3) is 0.111. The minimum atomic E-state index is -0.986. The molecule has 0 heterocycles. The minimum Gasteiger partial charge on any atom is -0.481 e. The maximum Gasteiger partial charge on any atom is 0.307 e. The third kappa shape index (κ3) is 2.48. The molecule has 74 valence electrons. The van der Waals surface area contributed by atoms with Crippen molar-refractivity contribution in [2.75, 3.05) is 5.73 Å². The lowest BCUT2D eigenvalue weighted by Gasteiger charge is -2.04. The highest BCUT2D eigenvalue weighted by molar-refractivity contribution is 5.73. The highest BCUT2D eigenvalue weighted by Gasteiger charge is 2.06. The zero-order valence-electron chi connectivity index (χ0n) is 7.27. The average molecular weight is 195 g/mol. The van der Waals surface area contributed by atoms with Crippen molar-refractivity contribution in [3.05, 3.63) is 23.8 Å². The number of carbonyl (C=O) groups is 2. The second-order valence-electron chi connectivity index (χ2n) is 2.65. The molecule has 14 heavy (non-hydrogen) atoms. The monoisotopic (exact) mass is 195 g/mol. The number of ether oxygens (including phenoxy) is 1. The molecular formula is C9H9NO4. The van der Waals surface area contributed by atoms with Crippen LogP contribution in [0.1, 0.15) is 5.56 Å². The highest BCUT2D eigenvalue weighted by atomic mass is 16.5. The van der Waals surface area contributed by atoms with E-state index in [1.54, 1.807) is 0 Å². The number of carboxylic acid groups (broad SMARTS) is 1. The standard InChI is InChI=1S/C9H9NO4/c10-8-2-1-7(14-5-11)3-6(8)4-9(12)13/h1-3,5H,4,10H2,(H,12,13). The van der Waals surface area contributed by atoms with Crippen LogP contribution in [0.4, 0.5) is 5.69 Å². The molecule has 1 aromatic rings. The normalized spacial score (nSPS) is 9.43. The first kappa shape index (κ1) is 10.0. The zero-order chi connectivity index (χ0) is 10.6. The third-order valence-electron chi connectivity index (χ3n) is 1.64. The summed E-state index contributed by atoms with van der Waals surface area (Å²) in [6.07, 6.45) is -0.193. The van der Waals surface area contributed by atoms with Crippen molar-refractivity contribution in [1.82, 2.24) is 0 Å². The number of carbonyl (C=O) groups excluding carboxylic acids is 1. The van der Waals surface area contributed by atoms with E-state index in [0.29, 0.717) is 11.3 Å². The maximum atomic E-state index is 10.4. The zero-order valence-corrected chi connectivity index (χ0v) is 7.27. The Labute approximate surface area is 80.1 Å². The number of hydrogen-bond acceptors (Lipinski definition) is 4. The van der Waals surface area contributed by atoms with E-state index in [1.807, 2.05) is 0 Å². The predicted molar refractivity (Wildman–Crippen MR) is 48.9 cm³/mol. The second-order valence-corrected chi connectivity index (χ2v) is 2.65. The Morgan fingerprint density at radius 1 is 1.57 bits per heavy atom. The summed E-state index contributed by atoms with van der Waals surface area (Å²) < 4.78 is 4.55. The molecule has 5 nitrogen and oxygen atoms in total. The van der Waals surface area contributed by atoms with Gasteiger partial charge in [0.25, 0.3) is 6.47 Å². The summed E-state index contributed by atoms with van der Waals surface area (Å²) in [5.74, 6) is -0.703. The van der Waals surface area contributed by atoms with E-state index in [1.165, 1.54) is 18.2 Å². The Balaban J connectivity index is 2.95. The Bertz CT molecular complexity index is 362. The summed E-state index contributed by atoms with van der Waals surface area (Å²) in [4.78, 5) is 20.4. The second kappa shape index (κ2) is 4.27. The molecule has 0 aliphatic heterocycles. The smallest absolute Gasteiger partial charge is 0.307 e. The van der Waals surface area contributed by atoms with Crippen LogP contribution in [-0.4, -0.2) is 17.5 Å². The van der Waals surface area contributed by atoms with Crippen LogP contribution in [-0.2, 0) is 16.0 Å². The van der Waals surface area contributed by atoms with Gasteiger partial charge in [-0.15, -0.1) is 0 Å². The Morgan fingerprint density at radius 2 is 2.29 bits per heavy atom. The Hall–Kier alpha value is -2.04. The van der Waals surface area contributed by atoms with Crippen LogP contribution >= 0.6 is 0 Å². The molecule has 0 aliphatic carbocycles. The predicted octanol–water partition coefficient (Wildman–Crippen LogP) is 0.431. The van der Waals surface area contributed by atoms with E-state index in [2.05, 4.69) is 4.74 Å². The summed E-state index contributed by atoms with van der Waals surface area (Å²) in [7, 11) is 0. The van der Waals surface area contributed by atoms with Crippen molar-refractivity contribution in [2.24, 2.45) is 0 Å². The lowest BCUT2D eigenvalue weighted by atomic mass is 10.1. The first-order valence-corrected chi connectivity index (χ1v) is 3.84. The fourth-order valence-corrected chi connectivity index (χ4v) is 1.03. The van der Waals surface area contributed by atoms with Crippen LogP contribution in [0.3, 0.4) is 0 Å². The summed E-state index contributed by atoms with van der Waals surface area (Å²) in [6.45, 7) is 0.274. The topological polar surface area (TPSA) is 89.6 Å². The van der Waals surface area contributed by atoms with E-state index in [-0.39, 0.29) is 18.6 Å². The SMILES string of the molecule is Nc1ccc(OC=O)cc1CC(=O)O. The molecule has 0 saturated carbocycles. The fourth-order valence-electron chi connectivity index (χ4n) is 1.03. The van der Waals surface area contributed by atoms with Crippen molar-refractivity contribution >= 4 is 18.1 Å². The number of benzene rings is 1. The average Bonchev–Trinajstić information content (AvgIpc) is 2.10. The van der Waals surface area contributed by atoms with Gasteiger partial charge in [0, 0.05) is 5.69 Å². The summed E-state index contributed by atoms with van der Waals surface area (Å²) in [6, 6.07) is 4.42. The van der Waals surface area contributed by atoms with Crippen molar-refractivity contribution in [1.29, 1.82) is 0 Å². The third-order valence-corrected chi connectivity index (χ3v) is 1.64. The molecule has 1 rings (SSSR count). The number of hydrogen-bond donors (Lipinski definition) is 2. The molecule has 0 saturated heterocycles. The molecule has 0 unspecified atom stereocenters. The van der Waals surface area contributed by atoms with Crippen LogP contribution < -0.4 is 10.5 Å². The van der Waals surface area contributed by atoms with Crippen LogP contribution in [0.25, 0.3) is 0 Å². The number of nitrogens with two attached hydrogens (primary N) is 1. The Morgan fingerprint density at radius 3 is 2.86 bits per heavy atom. The molecule has 1 aromatic carbocycles. The van der Waals surface area contributed by atoms with E-state index < -0.39 is 5.97 Å². The summed E-state index contributed by atoms with van der Waals surface area (Å²) in [5, 5.41) is 8.55. The molecule has 5 heteroatoms. The van der Waals surface area contributed by atoms with Gasteiger partial charge in [-0.2, -0.15) is 0 Å². The molecular weight excluding hydrogens is 186 g/mol. The quantitative estimate of drug-likeness (QED) is 0.537. The van der Waals surface area contributed by atoms with Gasteiger partial charge in [-0.05, 0) is 23.8 Å². The number of aliphatic carboxylic acids is 1. The van der Waals surface area contributed by atoms with E-state index in [9.17, 15) is 9.59 Å². The van der Waals surface area contributed by atoms with Crippen LogP contribution in [0, 0.1) is 0 Å². The molecule has 0 fully saturated rings. The summed E-state index contributed by atoms with van der Waals surface area (Å²) >= 11 is 0. The van der Waals surface area contributed by atoms with Crippen molar-refractivity contribution in [3.8, 4) is 5.75 Å². The van der Waals surface area contributed by atoms with Crippen molar-refractivity contribution in [3.63, 3.8) is 0 Å². The van der Waals surface area contributed by atoms with Gasteiger partial charge in [-0.1, -0.05) is 0 Å². The van der Waals surface area contributed by atoms with Crippen LogP contribution in [0.2, 0.25) is 0 Å². The number of rotatable bonds is 4. The van der Waals surface area contributed by atoms with Gasteiger partial charge in [0.15, 0.2) is 0 Å². The number of nitrogen functional groups attached to an aromatic ring is 1. The van der Waals surface area contributed by atoms with Gasteiger partial charge < -0.3 is 15.6 Å². The first-order chi connectivity index (χ1) is 6.63. The molecule has 0 aliphatic rings. The Kier molecular flexibility index (Phi) is 3.06. The van der Waals surface area contributed by atoms with Gasteiger partial charge >= 0.3 is 5.97 Å². The maximum absolute atomic E-state index is 10.4. The summed E-state index contributed by atoms with van der Waals surface area (Å²) in [5.41, 5.74) is 6.32. The van der Waals surface area contributed by atoms with E-state index in [4.69, 9.17) is 10.8 Å². The lowest BCUT2D eigenvalue weighted by molar-refractivity contribution is -0.136. The first-order valence-electron chi connectivity index (χ1n) is 3.84. The molecule has 0 aromatic heterocycles. The number of anilines is 1. The van der Waals surface area contributed by atoms with Crippen LogP contribution in [0.5, 0.6) is 5.75 Å². The van der Waals surface area contributed by atoms with Gasteiger partial charge in [0.05, 0.1) is 6.42 Å². The van der Waals surface area contributed by atoms with Crippen LogP contribution in [0.15, 0.2) is 18.2 Å². The van der Waals surface area contributed by atoms with Gasteiger partial charge in [-0.25, -0.2) is 0 Å². The largest absolute Gasteiger partial charge is 0.481 e. The van der Waals surface area contributed by atoms with Gasteiger partial charge in [-0.3, -0.25) is 9.59 Å². The molecule has 0 radical (unpaired) electrons. The van der Waals surface area contributed by atoms with Crippen molar-refractivity contribution in [2.45, 2.75) is 6.42 Å².